The van der Waals surface area contributed by atoms with Crippen LogP contribution in [0.5, 0.6) is 17.2 Å². The number of methoxy groups -OCH3 is 1. The van der Waals surface area contributed by atoms with Gasteiger partial charge in [0.15, 0.2) is 11.5 Å². The van der Waals surface area contributed by atoms with E-state index in [1.807, 2.05) is 25.2 Å². The molecule has 2 aliphatic rings. The highest BCUT2D eigenvalue weighted by atomic mass is 16.5. The minimum Gasteiger partial charge on any atom is -0.504 e. The molecule has 2 aromatic rings. The van der Waals surface area contributed by atoms with Crippen LogP contribution in [0.1, 0.15) is 42.1 Å². The molecule has 2 aromatic carbocycles. The van der Waals surface area contributed by atoms with Gasteiger partial charge in [-0.1, -0.05) is 18.2 Å². The van der Waals surface area contributed by atoms with E-state index in [1.165, 1.54) is 5.56 Å². The highest BCUT2D eigenvalue weighted by Gasteiger charge is 2.44. The topological polar surface area (TPSA) is 83.0 Å². The van der Waals surface area contributed by atoms with E-state index in [0.717, 1.165) is 55.6 Å². The van der Waals surface area contributed by atoms with Crippen LogP contribution in [-0.2, 0) is 17.6 Å². The maximum Gasteiger partial charge on any atom is 0.161 e. The van der Waals surface area contributed by atoms with Crippen molar-refractivity contribution in [3.63, 3.8) is 0 Å². The number of rotatable bonds is 7. The van der Waals surface area contributed by atoms with Crippen LogP contribution < -0.4 is 15.4 Å². The number of piperidine rings is 1. The van der Waals surface area contributed by atoms with E-state index >= 15 is 0 Å². The third-order valence-electron chi connectivity index (χ3n) is 7.11. The Morgan fingerprint density at radius 3 is 2.55 bits per heavy atom. The van der Waals surface area contributed by atoms with Gasteiger partial charge in [0.2, 0.25) is 0 Å². The van der Waals surface area contributed by atoms with Crippen molar-refractivity contribution in [2.45, 2.75) is 44.3 Å². The van der Waals surface area contributed by atoms with Crippen molar-refractivity contribution in [2.75, 3.05) is 33.8 Å². The lowest BCUT2D eigenvalue weighted by Gasteiger charge is -2.47. The van der Waals surface area contributed by atoms with Crippen LogP contribution in [0.25, 0.3) is 0 Å². The lowest BCUT2D eigenvalue weighted by Crippen LogP contribution is -2.49. The number of hydrogen-bond donors (Lipinski definition) is 4. The fraction of sp³-hybridized carbons (Fsp3) is 0.520. The monoisotopic (exact) mass is 426 g/mol. The van der Waals surface area contributed by atoms with Crippen molar-refractivity contribution in [1.82, 2.24) is 10.6 Å². The van der Waals surface area contributed by atoms with Gasteiger partial charge in [-0.2, -0.15) is 0 Å². The summed E-state index contributed by atoms with van der Waals surface area (Å²) in [4.78, 5) is 0. The van der Waals surface area contributed by atoms with E-state index in [2.05, 4.69) is 22.8 Å². The predicted octanol–water partition coefficient (Wildman–Crippen LogP) is 3.31. The molecule has 0 radical (unpaired) electrons. The molecular formula is C25H34N2O4. The number of nitrogens with one attached hydrogen (secondary N) is 2. The third-order valence-corrected chi connectivity index (χ3v) is 7.11. The molecule has 0 bridgehead atoms. The Labute approximate surface area is 184 Å². The van der Waals surface area contributed by atoms with Crippen LogP contribution in [-0.4, -0.2) is 50.1 Å². The van der Waals surface area contributed by atoms with Crippen molar-refractivity contribution in [3.05, 3.63) is 53.1 Å². The maximum atomic E-state index is 10.6. The second-order valence-electron chi connectivity index (χ2n) is 8.84. The van der Waals surface area contributed by atoms with E-state index in [1.54, 1.807) is 13.2 Å². The number of hydrogen-bond acceptors (Lipinski definition) is 6. The van der Waals surface area contributed by atoms with Crippen LogP contribution in [0, 0.1) is 5.41 Å². The summed E-state index contributed by atoms with van der Waals surface area (Å²) in [5.74, 6) is 0.823. The van der Waals surface area contributed by atoms with Gasteiger partial charge in [0.25, 0.3) is 0 Å². The van der Waals surface area contributed by atoms with E-state index in [0.29, 0.717) is 13.0 Å². The minimum absolute atomic E-state index is 0.00569. The molecule has 4 rings (SSSR count). The summed E-state index contributed by atoms with van der Waals surface area (Å²) < 4.78 is 12.0. The minimum atomic E-state index is -0.141. The van der Waals surface area contributed by atoms with Gasteiger partial charge in [0, 0.05) is 18.5 Å². The number of benzene rings is 2. The summed E-state index contributed by atoms with van der Waals surface area (Å²) in [5.41, 5.74) is 3.12. The average molecular weight is 427 g/mol. The zero-order chi connectivity index (χ0) is 21.8. The number of aromatic hydroxyl groups is 2. The molecule has 0 spiro atoms. The number of ether oxygens (including phenoxy) is 2. The predicted molar refractivity (Wildman–Crippen MR) is 121 cm³/mol. The summed E-state index contributed by atoms with van der Waals surface area (Å²) >= 11 is 0. The van der Waals surface area contributed by atoms with Crippen molar-refractivity contribution >= 4 is 0 Å². The normalized spacial score (nSPS) is 22.6. The summed E-state index contributed by atoms with van der Waals surface area (Å²) in [7, 11) is 3.60. The first-order valence-electron chi connectivity index (χ1n) is 11.2. The summed E-state index contributed by atoms with van der Waals surface area (Å²) in [6.07, 6.45) is 4.54. The molecule has 6 nitrogen and oxygen atoms in total. The smallest absolute Gasteiger partial charge is 0.161 e. The molecule has 31 heavy (non-hydrogen) atoms. The summed E-state index contributed by atoms with van der Waals surface area (Å²) in [6.45, 7) is 2.61. The first-order chi connectivity index (χ1) is 15.1. The first kappa shape index (κ1) is 21.9. The Morgan fingerprint density at radius 2 is 1.87 bits per heavy atom. The second-order valence-corrected chi connectivity index (χ2v) is 8.84. The van der Waals surface area contributed by atoms with Crippen LogP contribution >= 0.6 is 0 Å². The Hall–Kier alpha value is -2.28. The zero-order valence-electron chi connectivity index (χ0n) is 18.5. The highest BCUT2D eigenvalue weighted by Crippen LogP contribution is 2.48. The fourth-order valence-electron chi connectivity index (χ4n) is 5.21. The molecule has 2 aliphatic heterocycles. The molecule has 0 aliphatic carbocycles. The average Bonchev–Trinajstić information content (AvgIpc) is 2.81. The lowest BCUT2D eigenvalue weighted by atomic mass is 9.67. The van der Waals surface area contributed by atoms with Gasteiger partial charge in [-0.25, -0.2) is 0 Å². The van der Waals surface area contributed by atoms with Gasteiger partial charge in [0.05, 0.1) is 19.3 Å². The fourth-order valence-corrected chi connectivity index (χ4v) is 5.21. The zero-order valence-corrected chi connectivity index (χ0v) is 18.5. The lowest BCUT2D eigenvalue weighted by molar-refractivity contribution is -0.108. The van der Waals surface area contributed by atoms with Gasteiger partial charge >= 0.3 is 0 Å². The van der Waals surface area contributed by atoms with Gasteiger partial charge in [0.1, 0.15) is 5.75 Å². The molecule has 0 unspecified atom stereocenters. The molecule has 0 amide bonds. The van der Waals surface area contributed by atoms with Crippen molar-refractivity contribution in [3.8, 4) is 17.2 Å². The second kappa shape index (κ2) is 9.47. The van der Waals surface area contributed by atoms with Crippen LogP contribution in [0.3, 0.4) is 0 Å². The van der Waals surface area contributed by atoms with Crippen LogP contribution in [0.15, 0.2) is 36.4 Å². The Kier molecular flexibility index (Phi) is 6.70. The number of fused-ring (bicyclic) bond motifs is 1. The summed E-state index contributed by atoms with van der Waals surface area (Å²) in [6, 6.07) is 11.7. The van der Waals surface area contributed by atoms with Crippen molar-refractivity contribution < 1.29 is 19.7 Å². The molecule has 1 saturated heterocycles. The molecule has 0 saturated carbocycles. The maximum absolute atomic E-state index is 10.6. The van der Waals surface area contributed by atoms with Gasteiger partial charge in [-0.15, -0.1) is 0 Å². The van der Waals surface area contributed by atoms with E-state index in [9.17, 15) is 10.2 Å². The van der Waals surface area contributed by atoms with E-state index in [4.69, 9.17) is 9.47 Å². The van der Waals surface area contributed by atoms with Crippen molar-refractivity contribution in [2.24, 2.45) is 5.41 Å². The molecule has 2 heterocycles. The van der Waals surface area contributed by atoms with Crippen molar-refractivity contribution in [1.29, 1.82) is 0 Å². The number of phenols is 2. The Bertz CT molecular complexity index is 878. The molecule has 2 atom stereocenters. The molecule has 1 fully saturated rings. The quantitative estimate of drug-likeness (QED) is 0.509. The van der Waals surface area contributed by atoms with E-state index in [-0.39, 0.29) is 29.1 Å². The van der Waals surface area contributed by atoms with Gasteiger partial charge in [-0.05, 0) is 80.6 Å². The van der Waals surface area contributed by atoms with Gasteiger partial charge in [-0.3, -0.25) is 0 Å². The van der Waals surface area contributed by atoms with Crippen LogP contribution in [0.2, 0.25) is 0 Å². The highest BCUT2D eigenvalue weighted by molar-refractivity contribution is 5.51. The summed E-state index contributed by atoms with van der Waals surface area (Å²) in [5, 5.41) is 27.5. The molecule has 6 heteroatoms. The van der Waals surface area contributed by atoms with E-state index < -0.39 is 0 Å². The molecule has 168 valence electrons. The van der Waals surface area contributed by atoms with Gasteiger partial charge < -0.3 is 30.3 Å². The first-order valence-corrected chi connectivity index (χ1v) is 11.2. The third kappa shape index (κ3) is 4.52. The van der Waals surface area contributed by atoms with Crippen LogP contribution in [0.4, 0.5) is 0 Å². The number of phenolic OH excluding ortho intramolecular Hbond substituents is 2. The Balaban J connectivity index is 1.61. The standard InChI is InChI=1S/C25H34N2O4/c1-26-16-22-19-7-8-21(28)24(29)20(19)15-23(31-22)25(11-13-27-14-12-25)10-9-17-3-5-18(30-2)6-4-17/h3-8,22-23,26-29H,9-16H2,1-2H3/t22-,23-/m1/s1. The molecule has 4 N–H and O–H groups in total. The number of aryl methyl sites for hydroxylation is 1. The molecular weight excluding hydrogens is 392 g/mol. The largest absolute Gasteiger partial charge is 0.504 e. The number of likely N-dealkylation sites (N-methyl/N-ethyl adjacent to an activating group) is 1. The Morgan fingerprint density at radius 1 is 1.13 bits per heavy atom. The molecule has 0 aromatic heterocycles. The SMILES string of the molecule is CNC[C@H]1O[C@@H](C2(CCc3ccc(OC)cc3)CCNCC2)Cc2c1ccc(O)c2O.